The van der Waals surface area contributed by atoms with E-state index in [0.717, 1.165) is 0 Å². The van der Waals surface area contributed by atoms with Crippen molar-refractivity contribution in [3.63, 3.8) is 0 Å². The molecule has 1 saturated heterocycles. The lowest BCUT2D eigenvalue weighted by Crippen LogP contribution is -2.24. The molecule has 1 aromatic carbocycles. The van der Waals surface area contributed by atoms with Gasteiger partial charge in [0.25, 0.3) is 0 Å². The molecule has 0 amide bonds. The molecule has 11 heavy (non-hydrogen) atoms. The molecular weight excluding hydrogens is 138 g/mol. The summed E-state index contributed by atoms with van der Waals surface area (Å²) in [5, 5.41) is 0. The number of benzene rings is 1. The van der Waals surface area contributed by atoms with Gasteiger partial charge in [-0.15, -0.1) is 0 Å². The molecule has 2 heteroatoms. The molecule has 58 valence electrons. The van der Waals surface area contributed by atoms with Crippen LogP contribution in [0, 0.1) is 0 Å². The lowest BCUT2D eigenvalue weighted by atomic mass is 9.97. The second kappa shape index (κ2) is 2.55. The van der Waals surface area contributed by atoms with E-state index in [2.05, 4.69) is 4.74 Å². The molecule has 0 saturated carbocycles. The molecule has 2 rings (SSSR count). The van der Waals surface area contributed by atoms with Gasteiger partial charge in [0.2, 0.25) is 0 Å². The lowest BCUT2D eigenvalue weighted by Gasteiger charge is -2.26. The van der Waals surface area contributed by atoms with Gasteiger partial charge in [-0.25, -0.2) is 0 Å². The van der Waals surface area contributed by atoms with Crippen LogP contribution in [-0.4, -0.2) is 13.1 Å². The van der Waals surface area contributed by atoms with Crippen molar-refractivity contribution in [3.05, 3.63) is 29.7 Å². The van der Waals surface area contributed by atoms with E-state index in [-0.39, 0.29) is 0 Å². The van der Waals surface area contributed by atoms with Crippen LogP contribution in [-0.2, 0) is 4.74 Å². The number of anilines is 1. The van der Waals surface area contributed by atoms with E-state index < -0.39 is 54.4 Å². The monoisotopic (exact) mass is 158 g/mol. The molecule has 1 aromatic rings. The Morgan fingerprint density at radius 2 is 2.55 bits per heavy atom. The third-order valence-electron chi connectivity index (χ3n) is 1.20. The van der Waals surface area contributed by atoms with Crippen molar-refractivity contribution in [1.29, 1.82) is 0 Å². The smallest absolute Gasteiger partial charge is 0.0648 e. The summed E-state index contributed by atoms with van der Waals surface area (Å²) in [6.45, 7) is -5.55. The zero-order valence-corrected chi connectivity index (χ0v) is 5.49. The molecule has 0 unspecified atom stereocenters. The van der Waals surface area contributed by atoms with Gasteiger partial charge in [0.1, 0.15) is 0 Å². The highest BCUT2D eigenvalue weighted by Gasteiger charge is 2.19. The van der Waals surface area contributed by atoms with Gasteiger partial charge in [-0.2, -0.15) is 0 Å². The van der Waals surface area contributed by atoms with Crippen molar-refractivity contribution < 1.29 is 17.1 Å². The van der Waals surface area contributed by atoms with Crippen molar-refractivity contribution in [2.75, 3.05) is 18.9 Å². The van der Waals surface area contributed by atoms with Crippen molar-refractivity contribution >= 4 is 5.69 Å². The topological polar surface area (TPSA) is 35.2 Å². The number of rotatable bonds is 1. The lowest BCUT2D eigenvalue weighted by molar-refractivity contribution is 0.00845. The number of ether oxygens (including phenoxy) is 1. The molecule has 0 aliphatic carbocycles. The zero-order valence-electron chi connectivity index (χ0n) is 14.5. The van der Waals surface area contributed by atoms with Crippen molar-refractivity contribution in [2.24, 2.45) is 0 Å². The van der Waals surface area contributed by atoms with E-state index in [9.17, 15) is 0 Å². The number of nitrogen functional groups attached to an aromatic ring is 1. The van der Waals surface area contributed by atoms with Gasteiger partial charge >= 0.3 is 0 Å². The van der Waals surface area contributed by atoms with Gasteiger partial charge in [-0.1, -0.05) is 12.1 Å². The summed E-state index contributed by atoms with van der Waals surface area (Å²) < 4.78 is 72.9. The second-order valence-electron chi connectivity index (χ2n) is 1.97. The van der Waals surface area contributed by atoms with Crippen molar-refractivity contribution in [2.45, 2.75) is 5.89 Å². The Balaban J connectivity index is 2.83. The molecule has 1 fully saturated rings. The van der Waals surface area contributed by atoms with Crippen LogP contribution in [0.15, 0.2) is 24.2 Å². The van der Waals surface area contributed by atoms with Gasteiger partial charge in [-0.05, 0) is 17.6 Å². The molecular formula is C9H11NO. The van der Waals surface area contributed by atoms with Gasteiger partial charge < -0.3 is 10.5 Å². The number of hydrogen-bond acceptors (Lipinski definition) is 2. The minimum atomic E-state index is -2.77. The average molecular weight is 158 g/mol. The fraction of sp³-hybridized carbons (Fsp3) is 0.333. The standard InChI is InChI=1S/C9H11NO/c10-9-3-1-2-7(4-9)8-5-11-6-8/h1-4,8H,5-6,10H2/i1D,2D,3D,4D,5D2,6D2,8D. The normalized spacial score (nSPS) is 41.6. The SMILES string of the molecule is [2H]c1c([2H])c(N)c([2H])c(C2([2H])C([2H])([2H])OC2([2H])[2H])c1[2H]. The Bertz CT molecular complexity index is 557. The first-order valence-electron chi connectivity index (χ1n) is 7.45. The molecule has 0 aromatic heterocycles. The van der Waals surface area contributed by atoms with Crippen LogP contribution < -0.4 is 5.73 Å². The Kier molecular flexibility index (Phi) is 0.467. The molecule has 2 N–H and O–H groups in total. The Labute approximate surface area is 78.6 Å². The van der Waals surface area contributed by atoms with Crippen LogP contribution in [0.1, 0.15) is 23.8 Å². The van der Waals surface area contributed by atoms with E-state index in [0.29, 0.717) is 0 Å². The Hall–Kier alpha value is -1.02. The molecule has 2 nitrogen and oxygen atoms in total. The van der Waals surface area contributed by atoms with Gasteiger partial charge in [-0.3, -0.25) is 0 Å². The summed E-state index contributed by atoms with van der Waals surface area (Å²) in [5.74, 6) is -2.70. The molecule has 1 heterocycles. The summed E-state index contributed by atoms with van der Waals surface area (Å²) in [6.07, 6.45) is 0. The van der Waals surface area contributed by atoms with Crippen LogP contribution >= 0.6 is 0 Å². The molecule has 0 bridgehead atoms. The molecule has 0 radical (unpaired) electrons. The molecule has 1 aliphatic heterocycles. The first kappa shape index (κ1) is 2.02. The minimum absolute atomic E-state index is 0.494. The molecule has 0 spiro atoms. The highest BCUT2D eigenvalue weighted by molar-refractivity contribution is 5.42. The quantitative estimate of drug-likeness (QED) is 0.627. The summed E-state index contributed by atoms with van der Waals surface area (Å²) >= 11 is 0. The maximum absolute atomic E-state index is 8.04. The largest absolute Gasteiger partial charge is 0.399 e. The zero-order chi connectivity index (χ0) is 15.7. The summed E-state index contributed by atoms with van der Waals surface area (Å²) in [6, 6.07) is -2.71. The van der Waals surface area contributed by atoms with Crippen LogP contribution in [0.5, 0.6) is 0 Å². The average Bonchev–Trinajstić information content (AvgIpc) is 2.32. The van der Waals surface area contributed by atoms with E-state index in [1.165, 1.54) is 0 Å². The summed E-state index contributed by atoms with van der Waals surface area (Å²) in [4.78, 5) is 0. The Morgan fingerprint density at radius 1 is 1.73 bits per heavy atom. The molecule has 0 atom stereocenters. The van der Waals surface area contributed by atoms with E-state index in [1.54, 1.807) is 0 Å². The second-order valence-corrected chi connectivity index (χ2v) is 1.97. The predicted octanol–water partition coefficient (Wildman–Crippen LogP) is 1.38. The minimum Gasteiger partial charge on any atom is -0.399 e. The van der Waals surface area contributed by atoms with Gasteiger partial charge in [0.05, 0.1) is 24.1 Å². The van der Waals surface area contributed by atoms with Gasteiger partial charge in [0, 0.05) is 13.0 Å². The maximum atomic E-state index is 8.04. The highest BCUT2D eigenvalue weighted by atomic mass is 16.5. The predicted molar refractivity (Wildman–Crippen MR) is 44.4 cm³/mol. The maximum Gasteiger partial charge on any atom is 0.0648 e. The van der Waals surface area contributed by atoms with Gasteiger partial charge in [0.15, 0.2) is 0 Å². The number of nitrogens with two attached hydrogens (primary N) is 1. The number of hydrogen-bond donors (Lipinski definition) is 1. The fourth-order valence-corrected chi connectivity index (χ4v) is 0.687. The Morgan fingerprint density at radius 3 is 3.27 bits per heavy atom. The fourth-order valence-electron chi connectivity index (χ4n) is 0.687. The van der Waals surface area contributed by atoms with E-state index >= 15 is 0 Å². The van der Waals surface area contributed by atoms with Crippen molar-refractivity contribution in [1.82, 2.24) is 0 Å². The first-order chi connectivity index (χ1) is 8.88. The van der Waals surface area contributed by atoms with Crippen LogP contribution in [0.4, 0.5) is 5.69 Å². The van der Waals surface area contributed by atoms with E-state index in [1.807, 2.05) is 0 Å². The molecule has 1 aliphatic rings. The first-order valence-corrected chi connectivity index (χ1v) is 2.95. The van der Waals surface area contributed by atoms with E-state index in [4.69, 9.17) is 18.1 Å². The van der Waals surface area contributed by atoms with Crippen LogP contribution in [0.2, 0.25) is 0 Å². The van der Waals surface area contributed by atoms with Crippen LogP contribution in [0.3, 0.4) is 0 Å². The van der Waals surface area contributed by atoms with Crippen molar-refractivity contribution in [3.8, 4) is 0 Å². The third kappa shape index (κ3) is 1.21. The third-order valence-corrected chi connectivity index (χ3v) is 1.20. The summed E-state index contributed by atoms with van der Waals surface area (Å²) in [7, 11) is 0. The van der Waals surface area contributed by atoms with Crippen LogP contribution in [0.25, 0.3) is 0 Å². The highest BCUT2D eigenvalue weighted by Crippen LogP contribution is 2.24. The summed E-state index contributed by atoms with van der Waals surface area (Å²) in [5.41, 5.74) is 4.28.